The summed E-state index contributed by atoms with van der Waals surface area (Å²) in [7, 11) is 4.67. The average Bonchev–Trinajstić information content (AvgIpc) is 3.34. The molecule has 0 atom stereocenters. The second kappa shape index (κ2) is 9.22. The SMILES string of the molecule is COc1ccc(-c2noc(-c3ccc(NC(=O)c4ccccc4OC)cc3)n2)cc1OC. The van der Waals surface area contributed by atoms with Gasteiger partial charge in [-0.05, 0) is 54.6 Å². The van der Waals surface area contributed by atoms with Crippen LogP contribution in [0.1, 0.15) is 10.4 Å². The predicted molar refractivity (Wildman–Crippen MR) is 119 cm³/mol. The number of ether oxygens (including phenoxy) is 3. The van der Waals surface area contributed by atoms with Crippen LogP contribution in [-0.2, 0) is 0 Å². The lowest BCUT2D eigenvalue weighted by molar-refractivity contribution is 0.102. The van der Waals surface area contributed by atoms with Crippen molar-refractivity contribution in [1.82, 2.24) is 10.1 Å². The average molecular weight is 431 g/mol. The first-order valence-corrected chi connectivity index (χ1v) is 9.74. The lowest BCUT2D eigenvalue weighted by atomic mass is 10.1. The van der Waals surface area contributed by atoms with Crippen LogP contribution >= 0.6 is 0 Å². The van der Waals surface area contributed by atoms with Gasteiger partial charge in [0.25, 0.3) is 11.8 Å². The molecule has 1 aromatic heterocycles. The highest BCUT2D eigenvalue weighted by atomic mass is 16.5. The number of para-hydroxylation sites is 1. The zero-order chi connectivity index (χ0) is 22.5. The van der Waals surface area contributed by atoms with Gasteiger partial charge in [0.2, 0.25) is 5.82 Å². The van der Waals surface area contributed by atoms with Crippen molar-refractivity contribution in [3.63, 3.8) is 0 Å². The summed E-state index contributed by atoms with van der Waals surface area (Å²) in [5, 5.41) is 6.91. The maximum Gasteiger partial charge on any atom is 0.259 e. The molecular weight excluding hydrogens is 410 g/mol. The number of nitrogens with zero attached hydrogens (tertiary/aromatic N) is 2. The summed E-state index contributed by atoms with van der Waals surface area (Å²) in [4.78, 5) is 17.0. The van der Waals surface area contributed by atoms with Gasteiger partial charge in [-0.25, -0.2) is 0 Å². The topological polar surface area (TPSA) is 95.7 Å². The minimum atomic E-state index is -0.260. The molecule has 32 heavy (non-hydrogen) atoms. The zero-order valence-electron chi connectivity index (χ0n) is 17.8. The van der Waals surface area contributed by atoms with Gasteiger partial charge in [0.1, 0.15) is 5.75 Å². The number of aromatic nitrogens is 2. The number of carbonyl (C=O) groups is 1. The lowest BCUT2D eigenvalue weighted by Gasteiger charge is -2.09. The van der Waals surface area contributed by atoms with Crippen molar-refractivity contribution in [3.8, 4) is 40.1 Å². The van der Waals surface area contributed by atoms with Crippen molar-refractivity contribution < 1.29 is 23.5 Å². The number of anilines is 1. The molecule has 0 spiro atoms. The highest BCUT2D eigenvalue weighted by Crippen LogP contribution is 2.32. The van der Waals surface area contributed by atoms with Crippen molar-refractivity contribution in [2.24, 2.45) is 0 Å². The largest absolute Gasteiger partial charge is 0.496 e. The van der Waals surface area contributed by atoms with Gasteiger partial charge in [0.15, 0.2) is 11.5 Å². The molecule has 1 heterocycles. The van der Waals surface area contributed by atoms with Gasteiger partial charge < -0.3 is 24.1 Å². The van der Waals surface area contributed by atoms with Crippen LogP contribution in [0.4, 0.5) is 5.69 Å². The van der Waals surface area contributed by atoms with E-state index < -0.39 is 0 Å². The molecule has 0 aliphatic carbocycles. The molecule has 0 aliphatic heterocycles. The van der Waals surface area contributed by atoms with E-state index in [0.29, 0.717) is 40.2 Å². The minimum absolute atomic E-state index is 0.260. The van der Waals surface area contributed by atoms with E-state index in [9.17, 15) is 4.79 Å². The van der Waals surface area contributed by atoms with Crippen molar-refractivity contribution >= 4 is 11.6 Å². The molecular formula is C24H21N3O5. The molecule has 8 nitrogen and oxygen atoms in total. The standard InChI is InChI=1S/C24H21N3O5/c1-29-19-7-5-4-6-18(19)23(28)25-17-11-8-15(9-12-17)24-26-22(27-32-24)16-10-13-20(30-2)21(14-16)31-3/h4-14H,1-3H3,(H,25,28). The fourth-order valence-corrected chi connectivity index (χ4v) is 3.16. The Morgan fingerprint density at radius 3 is 2.22 bits per heavy atom. The first-order chi connectivity index (χ1) is 15.6. The molecule has 162 valence electrons. The third-order valence-electron chi connectivity index (χ3n) is 4.81. The van der Waals surface area contributed by atoms with E-state index in [0.717, 1.165) is 11.1 Å². The van der Waals surface area contributed by atoms with E-state index in [1.807, 2.05) is 12.1 Å². The monoisotopic (exact) mass is 431 g/mol. The maximum atomic E-state index is 12.6. The number of carbonyl (C=O) groups excluding carboxylic acids is 1. The van der Waals surface area contributed by atoms with Crippen LogP contribution < -0.4 is 19.5 Å². The van der Waals surface area contributed by atoms with Gasteiger partial charge in [-0.1, -0.05) is 17.3 Å². The fraction of sp³-hybridized carbons (Fsp3) is 0.125. The van der Waals surface area contributed by atoms with Gasteiger partial charge in [-0.3, -0.25) is 4.79 Å². The number of benzene rings is 3. The zero-order valence-corrected chi connectivity index (χ0v) is 17.8. The Balaban J connectivity index is 1.50. The van der Waals surface area contributed by atoms with E-state index >= 15 is 0 Å². The second-order valence-electron chi connectivity index (χ2n) is 6.72. The molecule has 1 N–H and O–H groups in total. The highest BCUT2D eigenvalue weighted by molar-refractivity contribution is 6.06. The Hall–Kier alpha value is -4.33. The van der Waals surface area contributed by atoms with Crippen molar-refractivity contribution in [3.05, 3.63) is 72.3 Å². The third-order valence-corrected chi connectivity index (χ3v) is 4.81. The Bertz CT molecular complexity index is 1230. The fourth-order valence-electron chi connectivity index (χ4n) is 3.16. The van der Waals surface area contributed by atoms with E-state index in [1.165, 1.54) is 7.11 Å². The van der Waals surface area contributed by atoms with Gasteiger partial charge in [0.05, 0.1) is 26.9 Å². The van der Waals surface area contributed by atoms with E-state index in [1.54, 1.807) is 68.8 Å². The number of methoxy groups -OCH3 is 3. The van der Waals surface area contributed by atoms with Gasteiger partial charge >= 0.3 is 0 Å². The van der Waals surface area contributed by atoms with Gasteiger partial charge in [-0.2, -0.15) is 4.98 Å². The maximum absolute atomic E-state index is 12.6. The summed E-state index contributed by atoms with van der Waals surface area (Å²) in [5.74, 6) is 2.23. The molecule has 0 bridgehead atoms. The first-order valence-electron chi connectivity index (χ1n) is 9.74. The Morgan fingerprint density at radius 2 is 1.50 bits per heavy atom. The Labute approximate surface area is 184 Å². The summed E-state index contributed by atoms with van der Waals surface area (Å²) < 4.78 is 21.2. The first kappa shape index (κ1) is 20.9. The van der Waals surface area contributed by atoms with Crippen molar-refractivity contribution in [1.29, 1.82) is 0 Å². The van der Waals surface area contributed by atoms with E-state index in [-0.39, 0.29) is 5.91 Å². The Kier molecular flexibility index (Phi) is 6.03. The molecule has 4 aromatic rings. The second-order valence-corrected chi connectivity index (χ2v) is 6.72. The number of rotatable bonds is 7. The van der Waals surface area contributed by atoms with Crippen molar-refractivity contribution in [2.45, 2.75) is 0 Å². The molecule has 3 aromatic carbocycles. The van der Waals surface area contributed by atoms with E-state index in [2.05, 4.69) is 15.5 Å². The molecule has 1 amide bonds. The molecule has 0 fully saturated rings. The summed E-state index contributed by atoms with van der Waals surface area (Å²) in [6, 6.07) is 19.6. The lowest BCUT2D eigenvalue weighted by Crippen LogP contribution is -2.12. The van der Waals surface area contributed by atoms with E-state index in [4.69, 9.17) is 18.7 Å². The number of hydrogen-bond donors (Lipinski definition) is 1. The smallest absolute Gasteiger partial charge is 0.259 e. The van der Waals surface area contributed by atoms with Crippen LogP contribution in [-0.4, -0.2) is 37.4 Å². The van der Waals surface area contributed by atoms with Gasteiger partial charge in [0, 0.05) is 16.8 Å². The normalized spacial score (nSPS) is 10.5. The summed E-state index contributed by atoms with van der Waals surface area (Å²) in [6.45, 7) is 0. The molecule has 4 rings (SSSR count). The van der Waals surface area contributed by atoms with Gasteiger partial charge in [-0.15, -0.1) is 0 Å². The number of hydrogen-bond acceptors (Lipinski definition) is 7. The van der Waals surface area contributed by atoms with Crippen LogP contribution in [0.2, 0.25) is 0 Å². The van der Waals surface area contributed by atoms with Crippen molar-refractivity contribution in [2.75, 3.05) is 26.6 Å². The highest BCUT2D eigenvalue weighted by Gasteiger charge is 2.15. The molecule has 8 heteroatoms. The summed E-state index contributed by atoms with van der Waals surface area (Å²) in [5.41, 5.74) is 2.54. The van der Waals surface area contributed by atoms with Crippen LogP contribution in [0.25, 0.3) is 22.8 Å². The summed E-state index contributed by atoms with van der Waals surface area (Å²) in [6.07, 6.45) is 0. The quantitative estimate of drug-likeness (QED) is 0.454. The number of nitrogens with one attached hydrogen (secondary N) is 1. The van der Waals surface area contributed by atoms with Crippen LogP contribution in [0.15, 0.2) is 71.3 Å². The van der Waals surface area contributed by atoms with Crippen LogP contribution in [0.3, 0.4) is 0 Å². The minimum Gasteiger partial charge on any atom is -0.496 e. The molecule has 0 radical (unpaired) electrons. The molecule has 0 saturated carbocycles. The molecule has 0 aliphatic rings. The summed E-state index contributed by atoms with van der Waals surface area (Å²) >= 11 is 0. The Morgan fingerprint density at radius 1 is 0.812 bits per heavy atom. The third kappa shape index (κ3) is 4.24. The van der Waals surface area contributed by atoms with Crippen LogP contribution in [0.5, 0.6) is 17.2 Å². The molecule has 0 unspecified atom stereocenters. The van der Waals surface area contributed by atoms with Crippen LogP contribution in [0, 0.1) is 0 Å². The molecule has 0 saturated heterocycles. The predicted octanol–water partition coefficient (Wildman–Crippen LogP) is 4.68. The number of amides is 1.